The van der Waals surface area contributed by atoms with Gasteiger partial charge in [-0.15, -0.1) is 0 Å². The summed E-state index contributed by atoms with van der Waals surface area (Å²) in [6.07, 6.45) is -4.76. The summed E-state index contributed by atoms with van der Waals surface area (Å²) in [6.45, 7) is 4.28. The molecule has 48 heavy (non-hydrogen) atoms. The molecular formula is C35H34BrClF3N3O4S. The third-order valence-electron chi connectivity index (χ3n) is 7.16. The van der Waals surface area contributed by atoms with Gasteiger partial charge < -0.3 is 10.2 Å². The fourth-order valence-electron chi connectivity index (χ4n) is 4.95. The number of benzene rings is 4. The van der Waals surface area contributed by atoms with Crippen molar-refractivity contribution in [1.29, 1.82) is 0 Å². The number of hydrogen-bond acceptors (Lipinski definition) is 4. The van der Waals surface area contributed by atoms with E-state index in [1.165, 1.54) is 29.2 Å². The SMILES string of the molecule is CC(C)(C)NC(=O)[C@H](Cc1ccccc1)N(Cc1cccc(Br)c1)C(=O)CN(c1cc(C(F)(F)F)ccc1Cl)S(=O)(=O)c1ccccc1. The Hall–Kier alpha value is -3.87. The summed E-state index contributed by atoms with van der Waals surface area (Å²) in [6, 6.07) is 24.2. The first kappa shape index (κ1) is 37.0. The van der Waals surface area contributed by atoms with Crippen molar-refractivity contribution in [1.82, 2.24) is 10.2 Å². The zero-order chi connectivity index (χ0) is 35.3. The van der Waals surface area contributed by atoms with Crippen molar-refractivity contribution in [3.63, 3.8) is 0 Å². The third-order valence-corrected chi connectivity index (χ3v) is 9.75. The Bertz CT molecular complexity index is 1850. The van der Waals surface area contributed by atoms with E-state index in [-0.39, 0.29) is 22.9 Å². The van der Waals surface area contributed by atoms with Crippen LogP contribution in [0.15, 0.2) is 112 Å². The van der Waals surface area contributed by atoms with Crippen LogP contribution in [0.3, 0.4) is 0 Å². The average molecular weight is 765 g/mol. The van der Waals surface area contributed by atoms with Crippen LogP contribution in [0.2, 0.25) is 5.02 Å². The van der Waals surface area contributed by atoms with Gasteiger partial charge in [-0.2, -0.15) is 13.2 Å². The van der Waals surface area contributed by atoms with Gasteiger partial charge in [0.15, 0.2) is 0 Å². The molecule has 0 aliphatic carbocycles. The van der Waals surface area contributed by atoms with Crippen molar-refractivity contribution >= 4 is 55.1 Å². The lowest BCUT2D eigenvalue weighted by atomic mass is 10.0. The van der Waals surface area contributed by atoms with E-state index >= 15 is 0 Å². The predicted molar refractivity (Wildman–Crippen MR) is 184 cm³/mol. The molecule has 7 nitrogen and oxygen atoms in total. The summed E-state index contributed by atoms with van der Waals surface area (Å²) in [5.41, 5.74) is -1.03. The summed E-state index contributed by atoms with van der Waals surface area (Å²) >= 11 is 9.80. The second-order valence-electron chi connectivity index (χ2n) is 12.1. The number of nitrogens with one attached hydrogen (secondary N) is 1. The fraction of sp³-hybridized carbons (Fsp3) is 0.257. The number of anilines is 1. The maximum absolute atomic E-state index is 14.6. The standard InChI is InChI=1S/C35H34BrClF3N3O4S/c1-34(2,3)41-33(45)31(20-24-11-6-4-7-12-24)42(22-25-13-10-14-27(36)19-25)32(44)23-43(48(46,47)28-15-8-5-9-16-28)30-21-26(35(38,39)40)17-18-29(30)37/h4-19,21,31H,20,22-23H2,1-3H3,(H,41,45)/t31-/m0/s1. The Labute approximate surface area is 291 Å². The molecule has 0 radical (unpaired) electrons. The summed E-state index contributed by atoms with van der Waals surface area (Å²) in [4.78, 5) is 29.5. The maximum Gasteiger partial charge on any atom is 0.416 e. The minimum atomic E-state index is -4.83. The van der Waals surface area contributed by atoms with Gasteiger partial charge in [0.05, 0.1) is 21.2 Å². The minimum absolute atomic E-state index is 0.0677. The van der Waals surface area contributed by atoms with Crippen molar-refractivity contribution in [2.45, 2.75) is 56.4 Å². The average Bonchev–Trinajstić information content (AvgIpc) is 3.01. The summed E-state index contributed by atoms with van der Waals surface area (Å²) in [5, 5.41) is 2.61. The van der Waals surface area contributed by atoms with Gasteiger partial charge in [-0.3, -0.25) is 13.9 Å². The van der Waals surface area contributed by atoms with E-state index in [4.69, 9.17) is 11.6 Å². The van der Waals surface area contributed by atoms with Crippen LogP contribution in [-0.4, -0.2) is 43.3 Å². The monoisotopic (exact) mass is 763 g/mol. The molecule has 2 amide bonds. The van der Waals surface area contributed by atoms with Gasteiger partial charge >= 0.3 is 6.18 Å². The highest BCUT2D eigenvalue weighted by Crippen LogP contribution is 2.37. The zero-order valence-electron chi connectivity index (χ0n) is 26.3. The number of amides is 2. The van der Waals surface area contributed by atoms with E-state index in [0.717, 1.165) is 17.7 Å². The molecular weight excluding hydrogens is 731 g/mol. The van der Waals surface area contributed by atoms with Crippen LogP contribution in [0, 0.1) is 0 Å². The van der Waals surface area contributed by atoms with E-state index < -0.39 is 57.4 Å². The topological polar surface area (TPSA) is 86.8 Å². The second kappa shape index (κ2) is 15.1. The fourth-order valence-corrected chi connectivity index (χ4v) is 7.11. The Morgan fingerprint density at radius 2 is 1.46 bits per heavy atom. The molecule has 0 spiro atoms. The van der Waals surface area contributed by atoms with E-state index in [2.05, 4.69) is 21.2 Å². The van der Waals surface area contributed by atoms with Crippen molar-refractivity contribution in [2.75, 3.05) is 10.8 Å². The van der Waals surface area contributed by atoms with Crippen molar-refractivity contribution in [2.24, 2.45) is 0 Å². The van der Waals surface area contributed by atoms with Crippen LogP contribution in [0.1, 0.15) is 37.5 Å². The van der Waals surface area contributed by atoms with Crippen molar-refractivity contribution in [3.8, 4) is 0 Å². The predicted octanol–water partition coefficient (Wildman–Crippen LogP) is 7.87. The largest absolute Gasteiger partial charge is 0.416 e. The molecule has 0 unspecified atom stereocenters. The van der Waals surface area contributed by atoms with Crippen molar-refractivity contribution in [3.05, 3.63) is 129 Å². The molecule has 0 bridgehead atoms. The molecule has 4 aromatic rings. The summed E-state index contributed by atoms with van der Waals surface area (Å²) < 4.78 is 71.1. The molecule has 4 aromatic carbocycles. The molecule has 0 heterocycles. The lowest BCUT2D eigenvalue weighted by Crippen LogP contribution is -2.56. The Balaban J connectivity index is 1.88. The first-order valence-electron chi connectivity index (χ1n) is 14.8. The maximum atomic E-state index is 14.6. The van der Waals surface area contributed by atoms with Crippen LogP contribution in [0.4, 0.5) is 18.9 Å². The smallest absolute Gasteiger partial charge is 0.350 e. The quantitative estimate of drug-likeness (QED) is 0.169. The summed E-state index contributed by atoms with van der Waals surface area (Å²) in [7, 11) is -4.65. The third kappa shape index (κ3) is 9.61. The highest BCUT2D eigenvalue weighted by atomic mass is 79.9. The molecule has 1 N–H and O–H groups in total. The van der Waals surface area contributed by atoms with Gasteiger partial charge in [0.2, 0.25) is 11.8 Å². The first-order chi connectivity index (χ1) is 22.5. The molecule has 0 aliphatic heterocycles. The number of sulfonamides is 1. The second-order valence-corrected chi connectivity index (χ2v) is 15.3. The lowest BCUT2D eigenvalue weighted by molar-refractivity contribution is -0.140. The van der Waals surface area contributed by atoms with Crippen molar-refractivity contribution < 1.29 is 31.2 Å². The van der Waals surface area contributed by atoms with E-state index in [0.29, 0.717) is 20.4 Å². The van der Waals surface area contributed by atoms with E-state index in [1.54, 1.807) is 75.4 Å². The number of hydrogen-bond donors (Lipinski definition) is 1. The molecule has 254 valence electrons. The van der Waals surface area contributed by atoms with Gasteiger partial charge in [-0.05, 0) is 74.4 Å². The zero-order valence-corrected chi connectivity index (χ0v) is 29.5. The summed E-state index contributed by atoms with van der Waals surface area (Å²) in [5.74, 6) is -1.34. The van der Waals surface area contributed by atoms with Crippen LogP contribution in [-0.2, 0) is 38.8 Å². The van der Waals surface area contributed by atoms with E-state index in [1.807, 2.05) is 6.07 Å². The minimum Gasteiger partial charge on any atom is -0.350 e. The lowest BCUT2D eigenvalue weighted by Gasteiger charge is -2.35. The van der Waals surface area contributed by atoms with Crippen LogP contribution < -0.4 is 9.62 Å². The van der Waals surface area contributed by atoms with Crippen LogP contribution in [0.25, 0.3) is 0 Å². The van der Waals surface area contributed by atoms with Gasteiger partial charge in [0, 0.05) is 23.0 Å². The van der Waals surface area contributed by atoms with E-state index in [9.17, 15) is 31.2 Å². The number of alkyl halides is 3. The Morgan fingerprint density at radius 3 is 2.04 bits per heavy atom. The highest BCUT2D eigenvalue weighted by Gasteiger charge is 2.38. The van der Waals surface area contributed by atoms with Gasteiger partial charge in [0.25, 0.3) is 10.0 Å². The van der Waals surface area contributed by atoms with Crippen LogP contribution >= 0.6 is 27.5 Å². The van der Waals surface area contributed by atoms with Gasteiger partial charge in [-0.1, -0.05) is 88.2 Å². The normalized spacial score (nSPS) is 12.7. The number of carbonyl (C=O) groups is 2. The molecule has 0 aromatic heterocycles. The number of carbonyl (C=O) groups excluding carboxylic acids is 2. The molecule has 13 heteroatoms. The van der Waals surface area contributed by atoms with Gasteiger partial charge in [0.1, 0.15) is 12.6 Å². The Morgan fingerprint density at radius 1 is 0.854 bits per heavy atom. The molecule has 1 atom stereocenters. The molecule has 0 saturated heterocycles. The number of rotatable bonds is 11. The first-order valence-corrected chi connectivity index (χ1v) is 17.4. The molecule has 4 rings (SSSR count). The highest BCUT2D eigenvalue weighted by molar-refractivity contribution is 9.10. The van der Waals surface area contributed by atoms with Gasteiger partial charge in [-0.25, -0.2) is 8.42 Å². The molecule has 0 aliphatic rings. The molecule has 0 fully saturated rings. The van der Waals surface area contributed by atoms with Crippen LogP contribution in [0.5, 0.6) is 0 Å². The molecule has 0 saturated carbocycles. The number of nitrogens with zero attached hydrogens (tertiary/aromatic N) is 2. The number of halogens is 5. The Kier molecular flexibility index (Phi) is 11.6.